The highest BCUT2D eigenvalue weighted by atomic mass is 79.9. The van der Waals surface area contributed by atoms with Crippen LogP contribution >= 0.6 is 15.9 Å². The standard InChI is InChI=1S/C15H21BrFN3/c1-19-5-2-3-10-9-20(6-4-14(10)19)15-7-11(16)12(17)8-13(15)18/h7-8,10,14H,2-6,9,18H2,1H3. The summed E-state index contributed by atoms with van der Waals surface area (Å²) in [5.41, 5.74) is 7.50. The molecule has 2 unspecified atom stereocenters. The Kier molecular flexibility index (Phi) is 3.91. The monoisotopic (exact) mass is 341 g/mol. The van der Waals surface area contributed by atoms with Gasteiger partial charge in [-0.3, -0.25) is 0 Å². The van der Waals surface area contributed by atoms with Gasteiger partial charge in [-0.1, -0.05) is 0 Å². The molecule has 0 saturated carbocycles. The van der Waals surface area contributed by atoms with Crippen LogP contribution in [0.2, 0.25) is 0 Å². The number of fused-ring (bicyclic) bond motifs is 1. The summed E-state index contributed by atoms with van der Waals surface area (Å²) < 4.78 is 14.0. The lowest BCUT2D eigenvalue weighted by Crippen LogP contribution is -2.52. The van der Waals surface area contributed by atoms with Crippen LogP contribution < -0.4 is 10.6 Å². The second kappa shape index (κ2) is 5.53. The van der Waals surface area contributed by atoms with Crippen LogP contribution in [0.4, 0.5) is 15.8 Å². The number of nitrogen functional groups attached to an aromatic ring is 1. The van der Waals surface area contributed by atoms with Gasteiger partial charge in [-0.05, 0) is 60.8 Å². The van der Waals surface area contributed by atoms with Crippen molar-refractivity contribution in [2.45, 2.75) is 25.3 Å². The van der Waals surface area contributed by atoms with Crippen LogP contribution in [0.5, 0.6) is 0 Å². The number of piperidine rings is 2. The lowest BCUT2D eigenvalue weighted by atomic mass is 9.84. The van der Waals surface area contributed by atoms with Crippen molar-refractivity contribution in [3.63, 3.8) is 0 Å². The molecule has 5 heteroatoms. The van der Waals surface area contributed by atoms with E-state index in [9.17, 15) is 4.39 Å². The van der Waals surface area contributed by atoms with Crippen LogP contribution in [-0.4, -0.2) is 37.6 Å². The van der Waals surface area contributed by atoms with Crippen molar-refractivity contribution in [3.05, 3.63) is 22.4 Å². The average molecular weight is 342 g/mol. The third-order valence-electron chi connectivity index (χ3n) is 4.76. The van der Waals surface area contributed by atoms with E-state index in [0.717, 1.165) is 25.2 Å². The Morgan fingerprint density at radius 1 is 1.30 bits per heavy atom. The summed E-state index contributed by atoms with van der Waals surface area (Å²) in [6.07, 6.45) is 3.72. The molecule has 0 aromatic heterocycles. The van der Waals surface area contributed by atoms with E-state index in [-0.39, 0.29) is 5.82 Å². The fourth-order valence-electron chi connectivity index (χ4n) is 3.70. The molecular formula is C15H21BrFN3. The molecule has 0 radical (unpaired) electrons. The van der Waals surface area contributed by atoms with Gasteiger partial charge in [0.2, 0.25) is 0 Å². The summed E-state index contributed by atoms with van der Waals surface area (Å²) in [6.45, 7) is 3.23. The van der Waals surface area contributed by atoms with Crippen LogP contribution in [0, 0.1) is 11.7 Å². The van der Waals surface area contributed by atoms with Crippen molar-refractivity contribution in [2.24, 2.45) is 5.92 Å². The van der Waals surface area contributed by atoms with Crippen molar-refractivity contribution in [1.29, 1.82) is 0 Å². The van der Waals surface area contributed by atoms with Crippen LogP contribution in [0.15, 0.2) is 16.6 Å². The Hall–Kier alpha value is -0.810. The molecule has 2 saturated heterocycles. The van der Waals surface area contributed by atoms with Gasteiger partial charge in [0.05, 0.1) is 15.8 Å². The Bertz CT molecular complexity index is 508. The van der Waals surface area contributed by atoms with Crippen LogP contribution in [0.3, 0.4) is 0 Å². The smallest absolute Gasteiger partial charge is 0.139 e. The van der Waals surface area contributed by atoms with E-state index in [0.29, 0.717) is 22.1 Å². The molecule has 0 spiro atoms. The van der Waals surface area contributed by atoms with Crippen LogP contribution in [0.25, 0.3) is 0 Å². The number of nitrogens with zero attached hydrogens (tertiary/aromatic N) is 2. The first kappa shape index (κ1) is 14.1. The fourth-order valence-corrected chi connectivity index (χ4v) is 4.03. The summed E-state index contributed by atoms with van der Waals surface area (Å²) in [4.78, 5) is 4.81. The number of anilines is 2. The van der Waals surface area contributed by atoms with Gasteiger partial charge in [0.15, 0.2) is 0 Å². The Morgan fingerprint density at radius 3 is 2.90 bits per heavy atom. The fraction of sp³-hybridized carbons (Fsp3) is 0.600. The molecule has 0 aliphatic carbocycles. The molecule has 0 amide bonds. The largest absolute Gasteiger partial charge is 0.397 e. The summed E-state index contributed by atoms with van der Waals surface area (Å²) in [6, 6.07) is 3.93. The third-order valence-corrected chi connectivity index (χ3v) is 5.36. The number of halogens is 2. The Morgan fingerprint density at radius 2 is 2.10 bits per heavy atom. The highest BCUT2D eigenvalue weighted by molar-refractivity contribution is 9.10. The van der Waals surface area contributed by atoms with Crippen molar-refractivity contribution in [1.82, 2.24) is 4.90 Å². The predicted octanol–water partition coefficient (Wildman–Crippen LogP) is 3.09. The first-order chi connectivity index (χ1) is 9.56. The van der Waals surface area contributed by atoms with E-state index in [1.807, 2.05) is 6.07 Å². The highest BCUT2D eigenvalue weighted by Crippen LogP contribution is 2.36. The summed E-state index contributed by atoms with van der Waals surface area (Å²) in [5.74, 6) is 0.407. The lowest BCUT2D eigenvalue weighted by Gasteiger charge is -2.46. The summed E-state index contributed by atoms with van der Waals surface area (Å²) >= 11 is 3.26. The van der Waals surface area contributed by atoms with Crippen LogP contribution in [0.1, 0.15) is 19.3 Å². The zero-order valence-corrected chi connectivity index (χ0v) is 13.4. The SMILES string of the molecule is CN1CCCC2CN(c3cc(Br)c(F)cc3N)CCC21. The molecule has 1 aromatic rings. The summed E-state index contributed by atoms with van der Waals surface area (Å²) in [7, 11) is 2.23. The summed E-state index contributed by atoms with van der Waals surface area (Å²) in [5, 5.41) is 0. The van der Waals surface area contributed by atoms with Gasteiger partial charge in [-0.2, -0.15) is 0 Å². The first-order valence-corrected chi connectivity index (χ1v) is 8.05. The minimum absolute atomic E-state index is 0.293. The van der Waals surface area contributed by atoms with E-state index in [4.69, 9.17) is 5.73 Å². The average Bonchev–Trinajstić information content (AvgIpc) is 2.43. The molecule has 110 valence electrons. The first-order valence-electron chi connectivity index (χ1n) is 7.26. The molecule has 2 aliphatic heterocycles. The highest BCUT2D eigenvalue weighted by Gasteiger charge is 2.34. The molecule has 2 aliphatic rings. The molecule has 3 rings (SSSR count). The van der Waals surface area contributed by atoms with Crippen molar-refractivity contribution in [2.75, 3.05) is 37.3 Å². The van der Waals surface area contributed by atoms with Crippen LogP contribution in [-0.2, 0) is 0 Å². The molecule has 1 aromatic carbocycles. The van der Waals surface area contributed by atoms with Crippen molar-refractivity contribution < 1.29 is 4.39 Å². The second-order valence-corrected chi connectivity index (χ2v) is 6.86. The molecular weight excluding hydrogens is 321 g/mol. The van der Waals surface area contributed by atoms with Gasteiger partial charge in [0.25, 0.3) is 0 Å². The minimum Gasteiger partial charge on any atom is -0.397 e. The van der Waals surface area contributed by atoms with Gasteiger partial charge >= 0.3 is 0 Å². The number of benzene rings is 1. The maximum atomic E-state index is 13.5. The number of rotatable bonds is 1. The molecule has 2 atom stereocenters. The van der Waals surface area contributed by atoms with E-state index in [1.165, 1.54) is 25.5 Å². The number of likely N-dealkylation sites (tertiary alicyclic amines) is 1. The second-order valence-electron chi connectivity index (χ2n) is 6.01. The van der Waals surface area contributed by atoms with Gasteiger partial charge in [-0.25, -0.2) is 4.39 Å². The molecule has 3 nitrogen and oxygen atoms in total. The number of hydrogen-bond acceptors (Lipinski definition) is 3. The molecule has 2 heterocycles. The Labute approximate surface area is 128 Å². The maximum absolute atomic E-state index is 13.5. The molecule has 20 heavy (non-hydrogen) atoms. The maximum Gasteiger partial charge on any atom is 0.139 e. The van der Waals surface area contributed by atoms with E-state index in [2.05, 4.69) is 32.8 Å². The number of hydrogen-bond donors (Lipinski definition) is 1. The minimum atomic E-state index is -0.293. The molecule has 2 N–H and O–H groups in total. The quantitative estimate of drug-likeness (QED) is 0.796. The van der Waals surface area contributed by atoms with Crippen molar-refractivity contribution >= 4 is 27.3 Å². The normalized spacial score (nSPS) is 27.4. The zero-order valence-electron chi connectivity index (χ0n) is 11.8. The molecule has 0 bridgehead atoms. The van der Waals surface area contributed by atoms with Crippen molar-refractivity contribution in [3.8, 4) is 0 Å². The molecule has 2 fully saturated rings. The van der Waals surface area contributed by atoms with E-state index < -0.39 is 0 Å². The lowest BCUT2D eigenvalue weighted by molar-refractivity contribution is 0.102. The van der Waals surface area contributed by atoms with Gasteiger partial charge < -0.3 is 15.5 Å². The topological polar surface area (TPSA) is 32.5 Å². The third kappa shape index (κ3) is 2.53. The Balaban J connectivity index is 1.81. The van der Waals surface area contributed by atoms with Gasteiger partial charge in [0, 0.05) is 25.2 Å². The van der Waals surface area contributed by atoms with E-state index >= 15 is 0 Å². The van der Waals surface area contributed by atoms with Gasteiger partial charge in [0.1, 0.15) is 5.82 Å². The number of nitrogens with two attached hydrogens (primary N) is 1. The zero-order chi connectivity index (χ0) is 14.3. The van der Waals surface area contributed by atoms with Gasteiger partial charge in [-0.15, -0.1) is 0 Å². The predicted molar refractivity (Wildman–Crippen MR) is 84.5 cm³/mol. The van der Waals surface area contributed by atoms with E-state index in [1.54, 1.807) is 0 Å².